The second-order valence-electron chi connectivity index (χ2n) is 8.72. The molecular weight excluding hydrogens is 412 g/mol. The van der Waals surface area contributed by atoms with Gasteiger partial charge in [-0.15, -0.1) is 0 Å². The number of rotatable bonds is 10. The van der Waals surface area contributed by atoms with Crippen LogP contribution < -0.4 is 9.46 Å². The molecule has 4 rings (SSSR count). The number of nitrogens with zero attached hydrogens (tertiary/aromatic N) is 1. The van der Waals surface area contributed by atoms with E-state index in [4.69, 9.17) is 9.47 Å². The highest BCUT2D eigenvalue weighted by molar-refractivity contribution is 7.92. The van der Waals surface area contributed by atoms with Crippen LogP contribution in [0.25, 0.3) is 0 Å². The molecule has 2 unspecified atom stereocenters. The van der Waals surface area contributed by atoms with Crippen molar-refractivity contribution in [2.75, 3.05) is 44.3 Å². The Kier molecular flexibility index (Phi) is 6.28. The van der Waals surface area contributed by atoms with Gasteiger partial charge in [0.15, 0.2) is 0 Å². The molecule has 7 heteroatoms. The molecule has 2 aromatic carbocycles. The molecule has 168 valence electrons. The summed E-state index contributed by atoms with van der Waals surface area (Å²) in [4.78, 5) is 2.50. The number of hydrogen-bond acceptors (Lipinski definition) is 5. The molecule has 1 heterocycles. The topological polar surface area (TPSA) is 67.9 Å². The molecule has 0 amide bonds. The summed E-state index contributed by atoms with van der Waals surface area (Å²) < 4.78 is 36.9. The zero-order chi connectivity index (χ0) is 22.1. The molecule has 2 aliphatic rings. The van der Waals surface area contributed by atoms with E-state index in [1.165, 1.54) is 11.8 Å². The number of ether oxygens (including phenoxy) is 2. The van der Waals surface area contributed by atoms with Crippen LogP contribution in [-0.2, 0) is 26.8 Å². The van der Waals surface area contributed by atoms with Crippen LogP contribution in [0.3, 0.4) is 0 Å². The maximum atomic E-state index is 11.6. The van der Waals surface area contributed by atoms with Crippen molar-refractivity contribution >= 4 is 15.7 Å². The van der Waals surface area contributed by atoms with E-state index in [1.807, 2.05) is 42.5 Å². The molecule has 1 saturated heterocycles. The van der Waals surface area contributed by atoms with Crippen molar-refractivity contribution < 1.29 is 17.9 Å². The molecule has 0 spiro atoms. The van der Waals surface area contributed by atoms with Gasteiger partial charge < -0.3 is 14.4 Å². The van der Waals surface area contributed by atoms with E-state index in [-0.39, 0.29) is 5.41 Å². The van der Waals surface area contributed by atoms with Gasteiger partial charge in [-0.3, -0.25) is 4.72 Å². The zero-order valence-electron chi connectivity index (χ0n) is 18.5. The van der Waals surface area contributed by atoms with Gasteiger partial charge in [-0.1, -0.05) is 31.2 Å². The van der Waals surface area contributed by atoms with Crippen LogP contribution in [0.15, 0.2) is 48.5 Å². The zero-order valence-corrected chi connectivity index (χ0v) is 19.3. The maximum Gasteiger partial charge on any atom is 0.229 e. The Morgan fingerprint density at radius 1 is 1.13 bits per heavy atom. The average molecular weight is 445 g/mol. The third-order valence-electron chi connectivity index (χ3n) is 6.88. The Morgan fingerprint density at radius 3 is 2.45 bits per heavy atom. The Labute approximate surface area is 185 Å². The highest BCUT2D eigenvalue weighted by atomic mass is 32.2. The summed E-state index contributed by atoms with van der Waals surface area (Å²) in [6.45, 7) is 6.68. The van der Waals surface area contributed by atoms with Crippen LogP contribution >= 0.6 is 0 Å². The molecule has 2 aromatic rings. The van der Waals surface area contributed by atoms with E-state index >= 15 is 0 Å². The van der Waals surface area contributed by atoms with Gasteiger partial charge in [0.05, 0.1) is 26.6 Å². The van der Waals surface area contributed by atoms with Crippen molar-refractivity contribution in [3.63, 3.8) is 0 Å². The number of nitrogens with one attached hydrogen (secondary N) is 1. The fraction of sp³-hybridized carbons (Fsp3) is 0.500. The summed E-state index contributed by atoms with van der Waals surface area (Å²) >= 11 is 0. The number of piperidine rings is 1. The van der Waals surface area contributed by atoms with Crippen LogP contribution in [0, 0.1) is 11.8 Å². The van der Waals surface area contributed by atoms with Crippen molar-refractivity contribution in [2.45, 2.75) is 25.4 Å². The van der Waals surface area contributed by atoms with E-state index in [0.29, 0.717) is 24.1 Å². The van der Waals surface area contributed by atoms with E-state index < -0.39 is 10.0 Å². The summed E-state index contributed by atoms with van der Waals surface area (Å²) in [6, 6.07) is 15.9. The van der Waals surface area contributed by atoms with Crippen LogP contribution in [-0.4, -0.2) is 52.9 Å². The summed E-state index contributed by atoms with van der Waals surface area (Å²) in [5.41, 5.74) is 3.24. The summed E-state index contributed by atoms with van der Waals surface area (Å²) in [7, 11) is -1.60. The lowest BCUT2D eigenvalue weighted by atomic mass is 9.87. The molecule has 1 aliphatic carbocycles. The molecule has 0 aromatic heterocycles. The van der Waals surface area contributed by atoms with Crippen LogP contribution in [0.1, 0.15) is 24.5 Å². The Bertz CT molecular complexity index is 994. The first-order valence-electron chi connectivity index (χ1n) is 10.9. The number of fused-ring (bicyclic) bond motifs is 1. The van der Waals surface area contributed by atoms with Crippen LogP contribution in [0.5, 0.6) is 5.75 Å². The van der Waals surface area contributed by atoms with E-state index in [9.17, 15) is 8.42 Å². The number of benzene rings is 2. The van der Waals surface area contributed by atoms with Crippen LogP contribution in [0.4, 0.5) is 5.69 Å². The van der Waals surface area contributed by atoms with Crippen molar-refractivity contribution in [3.05, 3.63) is 59.7 Å². The highest BCUT2D eigenvalue weighted by Gasteiger charge is 2.67. The SMILES string of the molecule is CCC1(c2cccc(NS(C)(=O)=O)c2)C2CN(CCOCc3ccc(OC)cc3)CC21. The molecule has 6 nitrogen and oxygen atoms in total. The molecule has 1 saturated carbocycles. The van der Waals surface area contributed by atoms with Gasteiger partial charge in [-0.05, 0) is 53.6 Å². The lowest BCUT2D eigenvalue weighted by molar-refractivity contribution is 0.0936. The largest absolute Gasteiger partial charge is 0.497 e. The first-order valence-corrected chi connectivity index (χ1v) is 12.8. The minimum atomic E-state index is -3.27. The molecule has 1 aliphatic heterocycles. The quantitative estimate of drug-likeness (QED) is 0.568. The number of hydrogen-bond donors (Lipinski definition) is 1. The minimum absolute atomic E-state index is 0.176. The average Bonchev–Trinajstić information content (AvgIpc) is 3.13. The number of sulfonamides is 1. The normalized spacial score (nSPS) is 25.3. The molecule has 31 heavy (non-hydrogen) atoms. The Hall–Kier alpha value is -2.09. The van der Waals surface area contributed by atoms with Gasteiger partial charge in [0.25, 0.3) is 0 Å². The van der Waals surface area contributed by atoms with Crippen LogP contribution in [0.2, 0.25) is 0 Å². The minimum Gasteiger partial charge on any atom is -0.497 e. The lowest BCUT2D eigenvalue weighted by Crippen LogP contribution is -2.32. The molecule has 2 atom stereocenters. The predicted molar refractivity (Wildman–Crippen MR) is 123 cm³/mol. The smallest absolute Gasteiger partial charge is 0.229 e. The first-order chi connectivity index (χ1) is 14.9. The Morgan fingerprint density at radius 2 is 1.84 bits per heavy atom. The first kappa shape index (κ1) is 22.1. The van der Waals surface area contributed by atoms with E-state index in [0.717, 1.165) is 44.0 Å². The van der Waals surface area contributed by atoms with Gasteiger partial charge in [-0.2, -0.15) is 0 Å². The van der Waals surface area contributed by atoms with Gasteiger partial charge in [0.1, 0.15) is 5.75 Å². The molecule has 2 fully saturated rings. The summed E-state index contributed by atoms with van der Waals surface area (Å²) in [5.74, 6) is 2.12. The number of methoxy groups -OCH3 is 1. The summed E-state index contributed by atoms with van der Waals surface area (Å²) in [6.07, 6.45) is 2.27. The molecule has 1 N–H and O–H groups in total. The van der Waals surface area contributed by atoms with Crippen molar-refractivity contribution in [3.8, 4) is 5.75 Å². The van der Waals surface area contributed by atoms with Gasteiger partial charge in [0.2, 0.25) is 10.0 Å². The van der Waals surface area contributed by atoms with E-state index in [2.05, 4.69) is 22.6 Å². The third-order valence-corrected chi connectivity index (χ3v) is 7.48. The van der Waals surface area contributed by atoms with Crippen molar-refractivity contribution in [1.29, 1.82) is 0 Å². The third kappa shape index (κ3) is 4.73. The van der Waals surface area contributed by atoms with Crippen molar-refractivity contribution in [2.24, 2.45) is 11.8 Å². The Balaban J connectivity index is 1.28. The van der Waals surface area contributed by atoms with Gasteiger partial charge in [0, 0.05) is 30.7 Å². The van der Waals surface area contributed by atoms with Gasteiger partial charge in [-0.25, -0.2) is 8.42 Å². The number of anilines is 1. The monoisotopic (exact) mass is 444 g/mol. The maximum absolute atomic E-state index is 11.6. The summed E-state index contributed by atoms with van der Waals surface area (Å²) in [5, 5.41) is 0. The number of likely N-dealkylation sites (tertiary alicyclic amines) is 1. The highest BCUT2D eigenvalue weighted by Crippen LogP contribution is 2.65. The second kappa shape index (κ2) is 8.81. The fourth-order valence-electron chi connectivity index (χ4n) is 5.35. The molecule has 0 radical (unpaired) electrons. The molecule has 0 bridgehead atoms. The molecular formula is C24H32N2O4S. The van der Waals surface area contributed by atoms with E-state index in [1.54, 1.807) is 7.11 Å². The van der Waals surface area contributed by atoms with Gasteiger partial charge >= 0.3 is 0 Å². The van der Waals surface area contributed by atoms with Crippen molar-refractivity contribution in [1.82, 2.24) is 4.90 Å². The fourth-order valence-corrected chi connectivity index (χ4v) is 5.90. The second-order valence-corrected chi connectivity index (χ2v) is 10.5. The lowest BCUT2D eigenvalue weighted by Gasteiger charge is -2.26. The predicted octanol–water partition coefficient (Wildman–Crippen LogP) is 3.49. The standard InChI is InChI=1S/C24H32N2O4S/c1-4-24(19-6-5-7-20(14-19)25-31(3,27)28)22-15-26(16-23(22)24)12-13-30-17-18-8-10-21(29-2)11-9-18/h5-11,14,22-23,25H,4,12-13,15-17H2,1-3H3.